The van der Waals surface area contributed by atoms with Crippen LogP contribution in [0.1, 0.15) is 27.0 Å². The highest BCUT2D eigenvalue weighted by Crippen LogP contribution is 2.35. The van der Waals surface area contributed by atoms with Crippen molar-refractivity contribution in [1.29, 1.82) is 0 Å². The van der Waals surface area contributed by atoms with Gasteiger partial charge in [-0.3, -0.25) is 4.79 Å². The number of hydrogen-bond donors (Lipinski definition) is 0. The van der Waals surface area contributed by atoms with E-state index in [0.29, 0.717) is 43.1 Å². The Labute approximate surface area is 178 Å². The molecule has 0 spiro atoms. The van der Waals surface area contributed by atoms with Gasteiger partial charge in [-0.05, 0) is 41.5 Å². The van der Waals surface area contributed by atoms with Crippen molar-refractivity contribution in [3.63, 3.8) is 0 Å². The number of alkyl halides is 3. The zero-order valence-corrected chi connectivity index (χ0v) is 17.6. The Morgan fingerprint density at radius 3 is 2.32 bits per heavy atom. The lowest BCUT2D eigenvalue weighted by Crippen LogP contribution is -2.38. The van der Waals surface area contributed by atoms with Crippen LogP contribution in [0, 0.1) is 0 Å². The summed E-state index contributed by atoms with van der Waals surface area (Å²) in [6.45, 7) is 2.26. The van der Waals surface area contributed by atoms with Crippen molar-refractivity contribution in [2.45, 2.75) is 24.2 Å². The third kappa shape index (κ3) is 4.40. The minimum atomic E-state index is -4.46. The Kier molecular flexibility index (Phi) is 5.47. The molecule has 1 fully saturated rings. The Balaban J connectivity index is 1.68. The molecule has 0 unspecified atom stereocenters. The standard InChI is InChI=1S/C21H21F3N2O4S/c1-31(28,29)17-4-5-19(25-6-8-30-9-7-25)18(11-17)20(27)26-12-14-2-3-16(21(22,23)24)10-15(14)13-26/h2-5,10-11H,6-9,12-13H2,1H3. The minimum Gasteiger partial charge on any atom is -0.378 e. The fraction of sp³-hybridized carbons (Fsp3) is 0.381. The van der Waals surface area contributed by atoms with Crippen LogP contribution in [0.5, 0.6) is 0 Å². The van der Waals surface area contributed by atoms with E-state index in [9.17, 15) is 26.4 Å². The molecule has 2 heterocycles. The van der Waals surface area contributed by atoms with Crippen LogP contribution in [-0.2, 0) is 33.8 Å². The van der Waals surface area contributed by atoms with Gasteiger partial charge in [0.15, 0.2) is 9.84 Å². The number of halogens is 3. The molecule has 0 N–H and O–H groups in total. The van der Waals surface area contributed by atoms with Crippen LogP contribution in [-0.4, -0.2) is 51.8 Å². The summed E-state index contributed by atoms with van der Waals surface area (Å²) in [5.41, 5.74) is 1.14. The molecule has 4 rings (SSSR count). The number of morpholine rings is 1. The number of sulfone groups is 1. The van der Waals surface area contributed by atoms with Gasteiger partial charge in [0, 0.05) is 38.1 Å². The lowest BCUT2D eigenvalue weighted by atomic mass is 10.1. The van der Waals surface area contributed by atoms with E-state index >= 15 is 0 Å². The van der Waals surface area contributed by atoms with Crippen LogP contribution in [0.25, 0.3) is 0 Å². The number of hydrogen-bond acceptors (Lipinski definition) is 5. The van der Waals surface area contributed by atoms with Crippen molar-refractivity contribution in [3.8, 4) is 0 Å². The number of ether oxygens (including phenoxy) is 1. The predicted octanol–water partition coefficient (Wildman–Crippen LogP) is 3.10. The molecule has 10 heteroatoms. The molecule has 1 saturated heterocycles. The Bertz CT molecular complexity index is 1130. The molecule has 0 atom stereocenters. The van der Waals surface area contributed by atoms with Gasteiger partial charge in [-0.2, -0.15) is 13.2 Å². The zero-order chi connectivity index (χ0) is 22.4. The van der Waals surface area contributed by atoms with Crippen molar-refractivity contribution in [2.24, 2.45) is 0 Å². The molecule has 1 amide bonds. The van der Waals surface area contributed by atoms with Gasteiger partial charge >= 0.3 is 6.18 Å². The molecule has 6 nitrogen and oxygen atoms in total. The van der Waals surface area contributed by atoms with Gasteiger partial charge in [0.05, 0.1) is 29.2 Å². The molecule has 0 aliphatic carbocycles. The summed E-state index contributed by atoms with van der Waals surface area (Å²) in [7, 11) is -3.54. The molecule has 166 valence electrons. The summed E-state index contributed by atoms with van der Waals surface area (Å²) in [5, 5.41) is 0. The molecule has 0 radical (unpaired) electrons. The first-order valence-electron chi connectivity index (χ1n) is 9.69. The highest BCUT2D eigenvalue weighted by Gasteiger charge is 2.34. The SMILES string of the molecule is CS(=O)(=O)c1ccc(N2CCOCC2)c(C(=O)N2Cc3ccc(C(F)(F)F)cc3C2)c1. The molecular formula is C21H21F3N2O4S. The Morgan fingerprint density at radius 1 is 1.00 bits per heavy atom. The summed E-state index contributed by atoms with van der Waals surface area (Å²) in [6, 6.07) is 7.90. The van der Waals surface area contributed by atoms with Crippen molar-refractivity contribution in [3.05, 3.63) is 58.7 Å². The van der Waals surface area contributed by atoms with Crippen LogP contribution in [0.4, 0.5) is 18.9 Å². The molecule has 0 saturated carbocycles. The molecule has 2 aromatic rings. The summed E-state index contributed by atoms with van der Waals surface area (Å²) in [4.78, 5) is 16.8. The van der Waals surface area contributed by atoms with Gasteiger partial charge in [0.1, 0.15) is 0 Å². The maximum Gasteiger partial charge on any atom is 0.416 e. The smallest absolute Gasteiger partial charge is 0.378 e. The first kappa shape index (κ1) is 21.6. The van der Waals surface area contributed by atoms with Gasteiger partial charge in [-0.1, -0.05) is 6.07 Å². The van der Waals surface area contributed by atoms with Crippen molar-refractivity contribution in [1.82, 2.24) is 4.90 Å². The van der Waals surface area contributed by atoms with Gasteiger partial charge in [-0.15, -0.1) is 0 Å². The molecule has 2 aliphatic heterocycles. The third-order valence-corrected chi connectivity index (χ3v) is 6.63. The number of amides is 1. The summed E-state index contributed by atoms with van der Waals surface area (Å²) in [5.74, 6) is -0.420. The average Bonchev–Trinajstić information content (AvgIpc) is 3.15. The van der Waals surface area contributed by atoms with Crippen molar-refractivity contribution >= 4 is 21.4 Å². The van der Waals surface area contributed by atoms with Crippen LogP contribution >= 0.6 is 0 Å². The fourth-order valence-electron chi connectivity index (χ4n) is 3.88. The number of carbonyl (C=O) groups excluding carboxylic acids is 1. The number of carbonyl (C=O) groups is 1. The summed E-state index contributed by atoms with van der Waals surface area (Å²) >= 11 is 0. The highest BCUT2D eigenvalue weighted by molar-refractivity contribution is 7.90. The lowest BCUT2D eigenvalue weighted by Gasteiger charge is -2.31. The second-order valence-electron chi connectivity index (χ2n) is 7.69. The molecular weight excluding hydrogens is 433 g/mol. The Hall–Kier alpha value is -2.59. The van der Waals surface area contributed by atoms with Gasteiger partial charge in [0.25, 0.3) is 5.91 Å². The van der Waals surface area contributed by atoms with Crippen molar-refractivity contribution in [2.75, 3.05) is 37.5 Å². The van der Waals surface area contributed by atoms with E-state index in [2.05, 4.69) is 0 Å². The van der Waals surface area contributed by atoms with E-state index in [4.69, 9.17) is 4.74 Å². The second-order valence-corrected chi connectivity index (χ2v) is 9.71. The maximum absolute atomic E-state index is 13.4. The van der Waals surface area contributed by atoms with E-state index in [-0.39, 0.29) is 23.5 Å². The molecule has 0 bridgehead atoms. The van der Waals surface area contributed by atoms with Crippen LogP contribution in [0.3, 0.4) is 0 Å². The number of fused-ring (bicyclic) bond motifs is 1. The predicted molar refractivity (Wildman–Crippen MR) is 108 cm³/mol. The molecule has 2 aliphatic rings. The highest BCUT2D eigenvalue weighted by atomic mass is 32.2. The van der Waals surface area contributed by atoms with E-state index in [0.717, 1.165) is 18.4 Å². The van der Waals surface area contributed by atoms with Gasteiger partial charge < -0.3 is 14.5 Å². The summed E-state index contributed by atoms with van der Waals surface area (Å²) < 4.78 is 68.6. The quantitative estimate of drug-likeness (QED) is 0.713. The van der Waals surface area contributed by atoms with Gasteiger partial charge in [-0.25, -0.2) is 8.42 Å². The Morgan fingerprint density at radius 2 is 1.68 bits per heavy atom. The molecule has 2 aromatic carbocycles. The minimum absolute atomic E-state index is 0.0175. The summed E-state index contributed by atoms with van der Waals surface area (Å²) in [6.07, 6.45) is -3.39. The van der Waals surface area contributed by atoms with Crippen LogP contribution in [0.15, 0.2) is 41.3 Å². The zero-order valence-electron chi connectivity index (χ0n) is 16.8. The average molecular weight is 454 g/mol. The first-order valence-corrected chi connectivity index (χ1v) is 11.6. The monoisotopic (exact) mass is 454 g/mol. The second kappa shape index (κ2) is 7.83. The van der Waals surface area contributed by atoms with Crippen molar-refractivity contribution < 1.29 is 31.1 Å². The molecule has 31 heavy (non-hydrogen) atoms. The number of benzene rings is 2. The van der Waals surface area contributed by atoms with E-state index in [1.165, 1.54) is 23.1 Å². The normalized spacial score (nSPS) is 17.0. The number of rotatable bonds is 3. The van der Waals surface area contributed by atoms with E-state index in [1.54, 1.807) is 6.07 Å². The topological polar surface area (TPSA) is 66.9 Å². The van der Waals surface area contributed by atoms with Crippen LogP contribution in [0.2, 0.25) is 0 Å². The fourth-order valence-corrected chi connectivity index (χ4v) is 4.53. The van der Waals surface area contributed by atoms with E-state index in [1.807, 2.05) is 4.90 Å². The largest absolute Gasteiger partial charge is 0.416 e. The van der Waals surface area contributed by atoms with E-state index < -0.39 is 27.5 Å². The third-order valence-electron chi connectivity index (χ3n) is 5.52. The lowest BCUT2D eigenvalue weighted by molar-refractivity contribution is -0.137. The number of anilines is 1. The van der Waals surface area contributed by atoms with Gasteiger partial charge in [0.2, 0.25) is 0 Å². The first-order chi connectivity index (χ1) is 14.5. The maximum atomic E-state index is 13.4. The van der Waals surface area contributed by atoms with Crippen LogP contribution < -0.4 is 4.90 Å². The number of nitrogens with zero attached hydrogens (tertiary/aromatic N) is 2. The molecule has 0 aromatic heterocycles.